The smallest absolute Gasteiger partial charge is 0.410 e. The van der Waals surface area contributed by atoms with E-state index in [0.29, 0.717) is 6.42 Å². The molecule has 2 N–H and O–H groups in total. The molecule has 9 nitrogen and oxygen atoms in total. The molecule has 1 heterocycles. The molecule has 0 aromatic rings. The number of aliphatic hydroxyl groups excluding tert-OH is 1. The first-order chi connectivity index (χ1) is 15.2. The molecule has 1 rings (SSSR count). The van der Waals surface area contributed by atoms with Crippen LogP contribution in [-0.4, -0.2) is 84.6 Å². The van der Waals surface area contributed by atoms with Gasteiger partial charge in [-0.15, -0.1) is 0 Å². The molecule has 0 unspecified atom stereocenters. The van der Waals surface area contributed by atoms with Crippen molar-refractivity contribution >= 4 is 22.0 Å². The molecule has 1 aliphatic heterocycles. The zero-order chi connectivity index (χ0) is 26.7. The van der Waals surface area contributed by atoms with Crippen LogP contribution < -0.4 is 0 Å². The Kier molecular flexibility index (Phi) is 10.9. The fourth-order valence-electron chi connectivity index (χ4n) is 3.52. The van der Waals surface area contributed by atoms with Crippen molar-refractivity contribution in [3.8, 4) is 0 Å². The summed E-state index contributed by atoms with van der Waals surface area (Å²) in [6, 6.07) is 0. The van der Waals surface area contributed by atoms with Crippen molar-refractivity contribution in [1.82, 2.24) is 4.90 Å². The Morgan fingerprint density at radius 1 is 1.06 bits per heavy atom. The average Bonchev–Trinajstić information content (AvgIpc) is 2.95. The minimum absolute atomic E-state index is 0.00544. The second-order valence-electron chi connectivity index (χ2n) is 12.0. The number of rotatable bonds is 11. The van der Waals surface area contributed by atoms with Gasteiger partial charge in [0.2, 0.25) is 0 Å². The van der Waals surface area contributed by atoms with E-state index in [1.165, 1.54) is 4.90 Å². The number of carbonyl (C=O) groups excluding carboxylic acids is 1. The van der Waals surface area contributed by atoms with Crippen LogP contribution in [-0.2, 0) is 23.1 Å². The number of β-amino-alcohol motifs (C(OH)–C–C–N with tert-alkyl or cyclic N) is 1. The summed E-state index contributed by atoms with van der Waals surface area (Å²) in [5.41, 5.74) is -1.30. The molecule has 0 saturated carbocycles. The Bertz CT molecular complexity index is 703. The third kappa shape index (κ3) is 9.52. The molecule has 1 fully saturated rings. The number of aliphatic hydroxyl groups is 1. The summed E-state index contributed by atoms with van der Waals surface area (Å²) in [5.74, 6) is 0. The van der Waals surface area contributed by atoms with Crippen LogP contribution in [0.1, 0.15) is 68.7 Å². The minimum atomic E-state index is -3.65. The van der Waals surface area contributed by atoms with Gasteiger partial charge in [-0.2, -0.15) is 0 Å². The maximum atomic E-state index is 14.0. The van der Waals surface area contributed by atoms with Gasteiger partial charge in [0.05, 0.1) is 43.7 Å². The number of ether oxygens (including phenoxy) is 2. The van der Waals surface area contributed by atoms with Gasteiger partial charge in [0.25, 0.3) is 0 Å². The molecule has 1 amide bonds. The van der Waals surface area contributed by atoms with Crippen LogP contribution in [0.3, 0.4) is 0 Å². The molecule has 0 aliphatic carbocycles. The van der Waals surface area contributed by atoms with Crippen LogP contribution in [0.25, 0.3) is 0 Å². The quantitative estimate of drug-likeness (QED) is 0.293. The van der Waals surface area contributed by atoms with Crippen LogP contribution >= 0.6 is 7.60 Å². The first-order valence-electron chi connectivity index (χ1n) is 12.1. The Hall–Kier alpha value is -0.483. The van der Waals surface area contributed by atoms with Crippen LogP contribution in [0, 0.1) is 0 Å². The van der Waals surface area contributed by atoms with E-state index < -0.39 is 50.5 Å². The maximum absolute atomic E-state index is 14.0. The lowest BCUT2D eigenvalue weighted by molar-refractivity contribution is -0.0135. The molecule has 0 aromatic carbocycles. The number of nitrogens with zero attached hydrogens (tertiary/aromatic N) is 1. The summed E-state index contributed by atoms with van der Waals surface area (Å²) in [6.07, 6.45) is -2.40. The summed E-state index contributed by atoms with van der Waals surface area (Å²) in [5, 5.41) is 10.0. The van der Waals surface area contributed by atoms with Crippen molar-refractivity contribution in [3.05, 3.63) is 0 Å². The number of carbonyl (C=O) groups is 1. The van der Waals surface area contributed by atoms with Crippen LogP contribution in [0.2, 0.25) is 18.1 Å². The molecule has 34 heavy (non-hydrogen) atoms. The van der Waals surface area contributed by atoms with Crippen molar-refractivity contribution in [1.29, 1.82) is 0 Å². The van der Waals surface area contributed by atoms with E-state index >= 15 is 0 Å². The second-order valence-corrected chi connectivity index (χ2v) is 18.7. The summed E-state index contributed by atoms with van der Waals surface area (Å²) >= 11 is 0. The highest BCUT2D eigenvalue weighted by Crippen LogP contribution is 2.59. The number of likely N-dealkylation sites (tertiary alicyclic amines) is 1. The van der Waals surface area contributed by atoms with E-state index in [1.807, 2.05) is 26.9 Å². The molecule has 1 saturated heterocycles. The summed E-state index contributed by atoms with van der Waals surface area (Å²) in [4.78, 5) is 24.7. The lowest BCUT2D eigenvalue weighted by Crippen LogP contribution is -2.42. The normalized spacial score (nSPS) is 21.4. The van der Waals surface area contributed by atoms with E-state index in [4.69, 9.17) is 18.5 Å². The highest BCUT2D eigenvalue weighted by atomic mass is 31.2. The van der Waals surface area contributed by atoms with E-state index in [2.05, 4.69) is 0 Å². The number of hydrogen-bond donors (Lipinski definition) is 2. The predicted molar refractivity (Wildman–Crippen MR) is 136 cm³/mol. The number of hydrogen-bond acceptors (Lipinski definition) is 8. The lowest BCUT2D eigenvalue weighted by Gasteiger charge is -2.40. The van der Waals surface area contributed by atoms with Crippen LogP contribution in [0.5, 0.6) is 0 Å². The van der Waals surface area contributed by atoms with Gasteiger partial charge in [-0.1, -0.05) is 13.8 Å². The Labute approximate surface area is 207 Å². The van der Waals surface area contributed by atoms with Gasteiger partial charge in [0, 0.05) is 0 Å². The third-order valence-electron chi connectivity index (χ3n) is 5.96. The first-order valence-corrected chi connectivity index (χ1v) is 16.7. The standard InChI is InChI=1S/C23H48NO8PSi/c1-16(2)31-33(27,32-17(3)4)18(12-23(8,9)34(10,11)28)15-29-20-14-24(13-19(20)25)21(26)30-22(5,6)7/h16-20,25,28H,12-15H2,1-11H3/t18-,19+,20-/m1/s1. The van der Waals surface area contributed by atoms with Gasteiger partial charge in [-0.3, -0.25) is 4.57 Å². The van der Waals surface area contributed by atoms with Gasteiger partial charge >= 0.3 is 13.7 Å². The summed E-state index contributed by atoms with van der Waals surface area (Å²) in [6.45, 7) is 20.4. The zero-order valence-electron chi connectivity index (χ0n) is 23.0. The molecular weight excluding hydrogens is 477 g/mol. The fraction of sp³-hybridized carbons (Fsp3) is 0.957. The largest absolute Gasteiger partial charge is 0.444 e. The minimum Gasteiger partial charge on any atom is -0.444 e. The Morgan fingerprint density at radius 3 is 1.97 bits per heavy atom. The monoisotopic (exact) mass is 525 g/mol. The van der Waals surface area contributed by atoms with Crippen LogP contribution in [0.4, 0.5) is 4.79 Å². The fourth-order valence-corrected chi connectivity index (χ4v) is 6.95. The van der Waals surface area contributed by atoms with Gasteiger partial charge in [0.15, 0.2) is 8.32 Å². The van der Waals surface area contributed by atoms with Crippen LogP contribution in [0.15, 0.2) is 0 Å². The van der Waals surface area contributed by atoms with Gasteiger partial charge in [0.1, 0.15) is 11.7 Å². The maximum Gasteiger partial charge on any atom is 0.410 e. The Balaban J connectivity index is 3.10. The molecule has 0 spiro atoms. The molecule has 1 aliphatic rings. The average molecular weight is 526 g/mol. The second kappa shape index (κ2) is 11.7. The van der Waals surface area contributed by atoms with E-state index in [-0.39, 0.29) is 31.9 Å². The molecule has 0 bridgehead atoms. The molecule has 3 atom stereocenters. The number of amides is 1. The van der Waals surface area contributed by atoms with Gasteiger partial charge in [-0.05, 0) is 73.0 Å². The van der Waals surface area contributed by atoms with Crippen molar-refractivity contribution in [3.63, 3.8) is 0 Å². The highest BCUT2D eigenvalue weighted by Gasteiger charge is 2.47. The molecule has 202 valence electrons. The van der Waals surface area contributed by atoms with Gasteiger partial charge in [-0.25, -0.2) is 4.79 Å². The molecule has 0 radical (unpaired) electrons. The van der Waals surface area contributed by atoms with Crippen molar-refractivity contribution in [2.45, 2.75) is 123 Å². The first kappa shape index (κ1) is 31.5. The summed E-state index contributed by atoms with van der Waals surface area (Å²) in [7, 11) is -6.28. The summed E-state index contributed by atoms with van der Waals surface area (Å²) < 4.78 is 37.2. The van der Waals surface area contributed by atoms with E-state index in [1.54, 1.807) is 48.5 Å². The van der Waals surface area contributed by atoms with Crippen molar-refractivity contribution in [2.75, 3.05) is 19.7 Å². The van der Waals surface area contributed by atoms with Crippen molar-refractivity contribution < 1.29 is 37.8 Å². The Morgan fingerprint density at radius 2 is 1.56 bits per heavy atom. The lowest BCUT2D eigenvalue weighted by atomic mass is 10.1. The molecular formula is C23H48NO8PSi. The molecule has 0 aromatic heterocycles. The molecule has 11 heteroatoms. The predicted octanol–water partition coefficient (Wildman–Crippen LogP) is 4.76. The van der Waals surface area contributed by atoms with E-state index in [0.717, 1.165) is 0 Å². The topological polar surface area (TPSA) is 115 Å². The SMILES string of the molecule is CC(C)OP(=O)(OC(C)C)[C@@H](CO[C@@H]1CN(C(=O)OC(C)(C)C)C[C@@H]1O)CC(C)(C)[Si](C)(C)O. The van der Waals surface area contributed by atoms with E-state index in [9.17, 15) is 19.3 Å². The zero-order valence-corrected chi connectivity index (χ0v) is 24.8. The highest BCUT2D eigenvalue weighted by molar-refractivity contribution is 7.54. The third-order valence-corrected chi connectivity index (χ3v) is 12.1. The van der Waals surface area contributed by atoms with Gasteiger partial charge < -0.3 is 33.3 Å². The van der Waals surface area contributed by atoms with Crippen molar-refractivity contribution in [2.24, 2.45) is 0 Å².